The van der Waals surface area contributed by atoms with Crippen molar-refractivity contribution in [1.29, 1.82) is 0 Å². The van der Waals surface area contributed by atoms with Crippen molar-refractivity contribution in [1.82, 2.24) is 10.3 Å². The second kappa shape index (κ2) is 3.86. The van der Waals surface area contributed by atoms with Crippen molar-refractivity contribution in [2.45, 2.75) is 13.0 Å². The molecule has 0 saturated heterocycles. The number of ether oxygens (including phenoxy) is 1. The molecule has 1 aromatic heterocycles. The van der Waals surface area contributed by atoms with Gasteiger partial charge in [-0.1, -0.05) is 0 Å². The zero-order chi connectivity index (χ0) is 10.8. The molecule has 0 saturated carbocycles. The molecule has 5 heteroatoms. The molecule has 2 N–H and O–H groups in total. The lowest BCUT2D eigenvalue weighted by atomic mass is 10.0. The highest BCUT2D eigenvalue weighted by molar-refractivity contribution is 5.91. The van der Waals surface area contributed by atoms with Gasteiger partial charge < -0.3 is 15.2 Å². The lowest BCUT2D eigenvalue weighted by Crippen LogP contribution is -2.26. The van der Waals surface area contributed by atoms with Crippen LogP contribution in [0.2, 0.25) is 0 Å². The van der Waals surface area contributed by atoms with Crippen LogP contribution in [0.3, 0.4) is 0 Å². The Morgan fingerprint density at radius 1 is 1.67 bits per heavy atom. The first-order valence-electron chi connectivity index (χ1n) is 4.72. The van der Waals surface area contributed by atoms with Crippen LogP contribution in [0, 0.1) is 0 Å². The van der Waals surface area contributed by atoms with Crippen LogP contribution >= 0.6 is 0 Å². The van der Waals surface area contributed by atoms with Gasteiger partial charge in [0.05, 0.1) is 7.11 Å². The van der Waals surface area contributed by atoms with E-state index in [0.29, 0.717) is 12.3 Å². The van der Waals surface area contributed by atoms with Crippen molar-refractivity contribution >= 4 is 5.97 Å². The Kier molecular flexibility index (Phi) is 2.55. The molecule has 15 heavy (non-hydrogen) atoms. The Morgan fingerprint density at radius 3 is 3.13 bits per heavy atom. The van der Waals surface area contributed by atoms with Crippen molar-refractivity contribution in [3.8, 4) is 5.75 Å². The lowest BCUT2D eigenvalue weighted by Gasteiger charge is -2.19. The number of rotatable bonds is 2. The molecule has 5 nitrogen and oxygen atoms in total. The number of aromatic carboxylic acids is 1. The molecule has 1 aromatic rings. The number of fused-ring (bicyclic) bond motifs is 1. The van der Waals surface area contributed by atoms with E-state index in [1.165, 1.54) is 13.3 Å². The predicted molar refractivity (Wildman–Crippen MR) is 53.2 cm³/mol. The minimum absolute atomic E-state index is 0.125. The second-order valence-electron chi connectivity index (χ2n) is 3.36. The van der Waals surface area contributed by atoms with E-state index in [1.54, 1.807) is 0 Å². The van der Waals surface area contributed by atoms with Gasteiger partial charge in [-0.3, -0.25) is 4.98 Å². The average molecular weight is 208 g/mol. The highest BCUT2D eigenvalue weighted by Gasteiger charge is 2.21. The van der Waals surface area contributed by atoms with E-state index in [9.17, 15) is 4.79 Å². The number of carboxylic acid groups (broad SMARTS) is 1. The van der Waals surface area contributed by atoms with Crippen LogP contribution in [0.15, 0.2) is 6.20 Å². The van der Waals surface area contributed by atoms with E-state index < -0.39 is 5.97 Å². The Morgan fingerprint density at radius 2 is 2.47 bits per heavy atom. The zero-order valence-corrected chi connectivity index (χ0v) is 8.41. The molecular weight excluding hydrogens is 196 g/mol. The van der Waals surface area contributed by atoms with Crippen molar-refractivity contribution < 1.29 is 14.6 Å². The highest BCUT2D eigenvalue weighted by atomic mass is 16.5. The Balaban J connectivity index is 2.56. The van der Waals surface area contributed by atoms with Crippen LogP contribution in [-0.4, -0.2) is 29.7 Å². The minimum atomic E-state index is -1.01. The number of aromatic nitrogens is 1. The lowest BCUT2D eigenvalue weighted by molar-refractivity contribution is 0.0692. The van der Waals surface area contributed by atoms with E-state index in [2.05, 4.69) is 10.3 Å². The molecule has 0 fully saturated rings. The third-order valence-electron chi connectivity index (χ3n) is 2.49. The first kappa shape index (κ1) is 9.92. The predicted octanol–water partition coefficient (Wildman–Crippen LogP) is 0.434. The van der Waals surface area contributed by atoms with Gasteiger partial charge in [-0.25, -0.2) is 4.79 Å². The molecule has 2 rings (SSSR count). The molecule has 1 aliphatic rings. The third-order valence-corrected chi connectivity index (χ3v) is 2.49. The summed E-state index contributed by atoms with van der Waals surface area (Å²) >= 11 is 0. The summed E-state index contributed by atoms with van der Waals surface area (Å²) in [6, 6.07) is 0. The molecule has 0 aromatic carbocycles. The quantitative estimate of drug-likeness (QED) is 0.737. The fraction of sp³-hybridized carbons (Fsp3) is 0.400. The molecule has 0 atom stereocenters. The smallest absolute Gasteiger partial charge is 0.341 e. The SMILES string of the molecule is COc1c(C(=O)O)cnc2c1CNCC2. The Bertz CT molecular complexity index is 404. The molecule has 80 valence electrons. The number of pyridine rings is 1. The van der Waals surface area contributed by atoms with Gasteiger partial charge in [0.15, 0.2) is 0 Å². The summed E-state index contributed by atoms with van der Waals surface area (Å²) in [4.78, 5) is 15.1. The zero-order valence-electron chi connectivity index (χ0n) is 8.41. The minimum Gasteiger partial charge on any atom is -0.495 e. The van der Waals surface area contributed by atoms with Crippen LogP contribution < -0.4 is 10.1 Å². The summed E-state index contributed by atoms with van der Waals surface area (Å²) in [5, 5.41) is 12.1. The van der Waals surface area contributed by atoms with Crippen LogP contribution in [0.25, 0.3) is 0 Å². The summed E-state index contributed by atoms with van der Waals surface area (Å²) in [6.45, 7) is 1.49. The highest BCUT2D eigenvalue weighted by Crippen LogP contribution is 2.27. The molecule has 0 aliphatic carbocycles. The molecule has 0 bridgehead atoms. The Hall–Kier alpha value is -1.62. The number of hydrogen-bond acceptors (Lipinski definition) is 4. The molecule has 0 amide bonds. The summed E-state index contributed by atoms with van der Waals surface area (Å²) in [5.41, 5.74) is 1.92. The van der Waals surface area contributed by atoms with Crippen LogP contribution in [-0.2, 0) is 13.0 Å². The number of nitrogens with one attached hydrogen (secondary N) is 1. The fourth-order valence-corrected chi connectivity index (χ4v) is 1.78. The second-order valence-corrected chi connectivity index (χ2v) is 3.36. The van der Waals surface area contributed by atoms with Gasteiger partial charge in [0, 0.05) is 37.0 Å². The molecule has 0 spiro atoms. The number of carboxylic acids is 1. The van der Waals surface area contributed by atoms with Crippen LogP contribution in [0.4, 0.5) is 0 Å². The maximum absolute atomic E-state index is 10.9. The van der Waals surface area contributed by atoms with Gasteiger partial charge in [0.25, 0.3) is 0 Å². The van der Waals surface area contributed by atoms with E-state index in [-0.39, 0.29) is 5.56 Å². The molecular formula is C10H12N2O3. The van der Waals surface area contributed by atoms with Crippen molar-refractivity contribution in [3.63, 3.8) is 0 Å². The average Bonchev–Trinajstić information content (AvgIpc) is 2.27. The number of methoxy groups -OCH3 is 1. The first-order chi connectivity index (χ1) is 7.24. The normalized spacial score (nSPS) is 14.5. The largest absolute Gasteiger partial charge is 0.495 e. The summed E-state index contributed by atoms with van der Waals surface area (Å²) in [5.74, 6) is -0.576. The summed E-state index contributed by atoms with van der Waals surface area (Å²) < 4.78 is 5.14. The van der Waals surface area contributed by atoms with Crippen LogP contribution in [0.5, 0.6) is 5.75 Å². The van der Waals surface area contributed by atoms with Crippen molar-refractivity contribution in [2.75, 3.05) is 13.7 Å². The van der Waals surface area contributed by atoms with E-state index in [0.717, 1.165) is 24.2 Å². The summed E-state index contributed by atoms with van der Waals surface area (Å²) in [6.07, 6.45) is 2.18. The number of nitrogens with zero attached hydrogens (tertiary/aromatic N) is 1. The molecule has 1 aliphatic heterocycles. The molecule has 0 radical (unpaired) electrons. The first-order valence-corrected chi connectivity index (χ1v) is 4.72. The van der Waals surface area contributed by atoms with Gasteiger partial charge in [-0.15, -0.1) is 0 Å². The number of carbonyl (C=O) groups is 1. The third kappa shape index (κ3) is 1.66. The van der Waals surface area contributed by atoms with Crippen molar-refractivity contribution in [3.05, 3.63) is 23.0 Å². The number of hydrogen-bond donors (Lipinski definition) is 2. The van der Waals surface area contributed by atoms with Crippen LogP contribution in [0.1, 0.15) is 21.6 Å². The molecule has 2 heterocycles. The van der Waals surface area contributed by atoms with Gasteiger partial charge in [0.1, 0.15) is 11.3 Å². The van der Waals surface area contributed by atoms with Gasteiger partial charge in [0.2, 0.25) is 0 Å². The van der Waals surface area contributed by atoms with Gasteiger partial charge in [-0.2, -0.15) is 0 Å². The van der Waals surface area contributed by atoms with E-state index in [1.807, 2.05) is 0 Å². The van der Waals surface area contributed by atoms with E-state index in [4.69, 9.17) is 9.84 Å². The molecule has 0 unspecified atom stereocenters. The maximum Gasteiger partial charge on any atom is 0.341 e. The fourth-order valence-electron chi connectivity index (χ4n) is 1.78. The van der Waals surface area contributed by atoms with Gasteiger partial charge in [-0.05, 0) is 0 Å². The Labute approximate surface area is 87.1 Å². The maximum atomic E-state index is 10.9. The van der Waals surface area contributed by atoms with Gasteiger partial charge >= 0.3 is 5.97 Å². The monoisotopic (exact) mass is 208 g/mol. The van der Waals surface area contributed by atoms with Crippen molar-refractivity contribution in [2.24, 2.45) is 0 Å². The topological polar surface area (TPSA) is 71.5 Å². The standard InChI is InChI=1S/C10H12N2O3/c1-15-9-6-4-11-3-2-8(6)12-5-7(9)10(13)14/h5,11H,2-4H2,1H3,(H,13,14). The summed E-state index contributed by atoms with van der Waals surface area (Å²) in [7, 11) is 1.48. The van der Waals surface area contributed by atoms with E-state index >= 15 is 0 Å².